The fourth-order valence-corrected chi connectivity index (χ4v) is 3.78. The first-order chi connectivity index (χ1) is 14.9. The number of piperazine rings is 1. The molecular formula is C19H17F7N4O2. The Balaban J connectivity index is 1.42. The first kappa shape index (κ1) is 22.2. The summed E-state index contributed by atoms with van der Waals surface area (Å²) in [6.45, 7) is 0.0194. The molecule has 1 aromatic carbocycles. The second-order valence-electron chi connectivity index (χ2n) is 7.50. The average Bonchev–Trinajstić information content (AvgIpc) is 3.14. The van der Waals surface area contributed by atoms with Gasteiger partial charge in [0, 0.05) is 37.9 Å². The third-order valence-electron chi connectivity index (χ3n) is 5.37. The first-order valence-electron chi connectivity index (χ1n) is 9.65. The number of aryl methyl sites for hydroxylation is 2. The summed E-state index contributed by atoms with van der Waals surface area (Å²) in [4.78, 5) is 14.5. The Kier molecular flexibility index (Phi) is 5.45. The lowest BCUT2D eigenvalue weighted by molar-refractivity contribution is -0.308. The molecule has 1 fully saturated rings. The number of aromatic nitrogens is 2. The van der Waals surface area contributed by atoms with E-state index >= 15 is 0 Å². The van der Waals surface area contributed by atoms with Crippen molar-refractivity contribution in [3.8, 4) is 5.69 Å². The number of halogens is 7. The number of anilines is 1. The van der Waals surface area contributed by atoms with E-state index < -0.39 is 24.5 Å². The van der Waals surface area contributed by atoms with Gasteiger partial charge in [-0.3, -0.25) is 0 Å². The van der Waals surface area contributed by atoms with Gasteiger partial charge in [0.1, 0.15) is 5.82 Å². The third-order valence-corrected chi connectivity index (χ3v) is 5.37. The van der Waals surface area contributed by atoms with Crippen LogP contribution in [0.25, 0.3) is 5.69 Å². The molecule has 32 heavy (non-hydrogen) atoms. The van der Waals surface area contributed by atoms with Crippen molar-refractivity contribution in [2.24, 2.45) is 0 Å². The van der Waals surface area contributed by atoms with Gasteiger partial charge in [0.25, 0.3) is 6.10 Å². The minimum absolute atomic E-state index is 0.134. The van der Waals surface area contributed by atoms with Crippen LogP contribution < -0.4 is 4.90 Å². The van der Waals surface area contributed by atoms with Gasteiger partial charge in [-0.2, -0.15) is 31.4 Å². The molecule has 174 valence electrons. The number of rotatable bonds is 2. The van der Waals surface area contributed by atoms with E-state index in [1.807, 2.05) is 6.07 Å². The Morgan fingerprint density at radius 2 is 1.62 bits per heavy atom. The van der Waals surface area contributed by atoms with Crippen molar-refractivity contribution in [2.45, 2.75) is 31.3 Å². The van der Waals surface area contributed by atoms with Crippen molar-refractivity contribution >= 4 is 11.9 Å². The van der Waals surface area contributed by atoms with Crippen LogP contribution in [0.2, 0.25) is 0 Å². The topological polar surface area (TPSA) is 50.6 Å². The monoisotopic (exact) mass is 466 g/mol. The van der Waals surface area contributed by atoms with E-state index in [-0.39, 0.29) is 32.0 Å². The average molecular weight is 466 g/mol. The maximum atomic E-state index is 13.5. The van der Waals surface area contributed by atoms with Gasteiger partial charge in [-0.15, -0.1) is 0 Å². The summed E-state index contributed by atoms with van der Waals surface area (Å²) >= 11 is 0. The van der Waals surface area contributed by atoms with Gasteiger partial charge in [0.05, 0.1) is 5.69 Å². The Hall–Kier alpha value is -2.99. The molecule has 2 aliphatic rings. The summed E-state index contributed by atoms with van der Waals surface area (Å²) in [6.07, 6.45) is -16.1. The largest absolute Gasteiger partial charge is 0.434 e. The van der Waals surface area contributed by atoms with Crippen molar-refractivity contribution in [1.82, 2.24) is 14.7 Å². The van der Waals surface area contributed by atoms with Crippen LogP contribution in [0.3, 0.4) is 0 Å². The summed E-state index contributed by atoms with van der Waals surface area (Å²) in [6, 6.07) is 6.22. The van der Waals surface area contributed by atoms with E-state index in [1.165, 1.54) is 12.1 Å². The third kappa shape index (κ3) is 4.32. The predicted octanol–water partition coefficient (Wildman–Crippen LogP) is 3.86. The van der Waals surface area contributed by atoms with E-state index in [1.54, 1.807) is 15.6 Å². The van der Waals surface area contributed by atoms with E-state index in [2.05, 4.69) is 9.84 Å². The second-order valence-corrected chi connectivity index (χ2v) is 7.50. The number of ether oxygens (including phenoxy) is 1. The summed E-state index contributed by atoms with van der Waals surface area (Å²) in [5.74, 6) is 0.203. The van der Waals surface area contributed by atoms with Crippen LogP contribution in [0.5, 0.6) is 0 Å². The lowest BCUT2D eigenvalue weighted by Crippen LogP contribution is -2.53. The van der Waals surface area contributed by atoms with Gasteiger partial charge in [-0.1, -0.05) is 0 Å². The maximum absolute atomic E-state index is 13.5. The molecule has 1 aromatic heterocycles. The minimum atomic E-state index is -5.76. The quantitative estimate of drug-likeness (QED) is 0.631. The fourth-order valence-electron chi connectivity index (χ4n) is 3.78. The number of nitrogens with zero attached hydrogens (tertiary/aromatic N) is 4. The van der Waals surface area contributed by atoms with Crippen molar-refractivity contribution < 1.29 is 40.3 Å². The highest BCUT2D eigenvalue weighted by atomic mass is 19.4. The van der Waals surface area contributed by atoms with E-state index in [4.69, 9.17) is 0 Å². The molecule has 0 atom stereocenters. The maximum Gasteiger partial charge on any atom is 0.434 e. The molecule has 2 aliphatic heterocycles. The van der Waals surface area contributed by atoms with Gasteiger partial charge >= 0.3 is 18.4 Å². The van der Waals surface area contributed by atoms with Gasteiger partial charge in [0.15, 0.2) is 5.82 Å². The molecule has 0 saturated carbocycles. The van der Waals surface area contributed by atoms with Crippen LogP contribution in [-0.2, 0) is 17.6 Å². The molecule has 4 rings (SSSR count). The molecule has 13 heteroatoms. The number of alkyl halides is 6. The smallest absolute Gasteiger partial charge is 0.426 e. The Morgan fingerprint density at radius 1 is 0.969 bits per heavy atom. The second kappa shape index (κ2) is 7.85. The van der Waals surface area contributed by atoms with Crippen LogP contribution in [-0.4, -0.2) is 65.4 Å². The summed E-state index contributed by atoms with van der Waals surface area (Å²) in [7, 11) is 0. The number of amides is 1. The number of carbonyl (C=O) groups excluding carboxylic acids is 1. The lowest BCUT2D eigenvalue weighted by Gasteiger charge is -2.35. The Bertz CT molecular complexity index is 996. The summed E-state index contributed by atoms with van der Waals surface area (Å²) in [5, 5.41) is 4.52. The van der Waals surface area contributed by atoms with E-state index in [0.29, 0.717) is 18.7 Å². The molecule has 0 spiro atoms. The number of benzene rings is 1. The molecule has 1 saturated heterocycles. The van der Waals surface area contributed by atoms with Crippen LogP contribution >= 0.6 is 0 Å². The standard InChI is InChI=1S/C19H17F7N4O2/c20-12-2-4-14-11(9-12)1-3-13-10-15(27-30(13)14)28-5-7-29(8-6-28)17(31)32-16(18(21,22)23)19(24,25)26/h2,4,9-10,16H,1,3,5-8H2. The number of fused-ring (bicyclic) bond motifs is 3. The van der Waals surface area contributed by atoms with Crippen molar-refractivity contribution in [2.75, 3.05) is 31.1 Å². The molecule has 0 bridgehead atoms. The first-order valence-corrected chi connectivity index (χ1v) is 9.65. The number of carbonyl (C=O) groups is 1. The molecule has 2 aromatic rings. The number of hydrogen-bond donors (Lipinski definition) is 0. The molecule has 1 amide bonds. The molecule has 3 heterocycles. The molecule has 0 radical (unpaired) electrons. The van der Waals surface area contributed by atoms with E-state index in [9.17, 15) is 35.5 Å². The highest BCUT2D eigenvalue weighted by Gasteiger charge is 2.60. The zero-order valence-electron chi connectivity index (χ0n) is 16.4. The molecular weight excluding hydrogens is 449 g/mol. The minimum Gasteiger partial charge on any atom is -0.426 e. The lowest BCUT2D eigenvalue weighted by atomic mass is 10.0. The van der Waals surface area contributed by atoms with Crippen LogP contribution in [0.15, 0.2) is 24.3 Å². The fraction of sp³-hybridized carbons (Fsp3) is 0.474. The van der Waals surface area contributed by atoms with Crippen molar-refractivity contribution in [3.05, 3.63) is 41.3 Å². The predicted molar refractivity (Wildman–Crippen MR) is 97.1 cm³/mol. The Labute approximate surface area is 177 Å². The van der Waals surface area contributed by atoms with Crippen LogP contribution in [0, 0.1) is 5.82 Å². The van der Waals surface area contributed by atoms with Gasteiger partial charge in [-0.25, -0.2) is 13.9 Å². The summed E-state index contributed by atoms with van der Waals surface area (Å²) < 4.78 is 94.6. The molecule has 0 aliphatic carbocycles. The zero-order valence-corrected chi connectivity index (χ0v) is 16.4. The van der Waals surface area contributed by atoms with Gasteiger partial charge in [-0.05, 0) is 36.6 Å². The van der Waals surface area contributed by atoms with Crippen LogP contribution in [0.1, 0.15) is 11.3 Å². The van der Waals surface area contributed by atoms with Crippen molar-refractivity contribution in [1.29, 1.82) is 0 Å². The molecule has 0 unspecified atom stereocenters. The van der Waals surface area contributed by atoms with Crippen LogP contribution in [0.4, 0.5) is 41.3 Å². The molecule has 6 nitrogen and oxygen atoms in total. The van der Waals surface area contributed by atoms with Gasteiger partial charge in [0.2, 0.25) is 0 Å². The molecule has 0 N–H and O–H groups in total. The highest BCUT2D eigenvalue weighted by Crippen LogP contribution is 2.36. The zero-order chi connectivity index (χ0) is 23.3. The Morgan fingerprint density at radius 3 is 2.25 bits per heavy atom. The SMILES string of the molecule is O=C(OC(C(F)(F)F)C(F)(F)F)N1CCN(c2cc3n(n2)-c2ccc(F)cc2CC3)CC1. The number of hydrogen-bond acceptors (Lipinski definition) is 4. The van der Waals surface area contributed by atoms with Gasteiger partial charge < -0.3 is 14.5 Å². The van der Waals surface area contributed by atoms with E-state index in [0.717, 1.165) is 21.8 Å². The highest BCUT2D eigenvalue weighted by molar-refractivity contribution is 5.68. The normalized spacial score (nSPS) is 16.8. The van der Waals surface area contributed by atoms with Crippen molar-refractivity contribution in [3.63, 3.8) is 0 Å². The summed E-state index contributed by atoms with van der Waals surface area (Å²) in [5.41, 5.74) is 2.44.